The smallest absolute Gasteiger partial charge is 0.416 e. The van der Waals surface area contributed by atoms with Gasteiger partial charge in [-0.2, -0.15) is 13.2 Å². The van der Waals surface area contributed by atoms with E-state index >= 15 is 0 Å². The van der Waals surface area contributed by atoms with E-state index in [2.05, 4.69) is 10.3 Å². The Balaban J connectivity index is 1.83. The number of halogens is 4. The number of nitrogens with one attached hydrogen (secondary N) is 1. The van der Waals surface area contributed by atoms with E-state index in [1.165, 1.54) is 18.4 Å². The minimum Gasteiger partial charge on any atom is -0.447 e. The number of aromatic nitrogens is 1. The molecule has 0 saturated carbocycles. The first kappa shape index (κ1) is 23.5. The molecule has 0 saturated heterocycles. The summed E-state index contributed by atoms with van der Waals surface area (Å²) < 4.78 is 58.9. The van der Waals surface area contributed by atoms with Crippen molar-refractivity contribution in [3.05, 3.63) is 88.9 Å². The van der Waals surface area contributed by atoms with E-state index in [9.17, 15) is 22.4 Å². The van der Waals surface area contributed by atoms with Crippen molar-refractivity contribution in [1.29, 1.82) is 0 Å². The summed E-state index contributed by atoms with van der Waals surface area (Å²) in [5.41, 5.74) is 0.118. The largest absolute Gasteiger partial charge is 0.447 e. The Hall–Kier alpha value is -3.20. The molecule has 0 radical (unpaired) electrons. The maximum Gasteiger partial charge on any atom is 0.416 e. The number of hydrogen-bond acceptors (Lipinski definition) is 4. The topological polar surface area (TPSA) is 58.4 Å². The molecule has 5 nitrogen and oxygen atoms in total. The SMILES string of the molecule is CC(C)NC(=O)c1coc(CN(Cc2cccc(C(F)(F)F)c2)Cc2ccccc2F)n1. The molecule has 9 heteroatoms. The van der Waals surface area contributed by atoms with Crippen LogP contribution in [0.15, 0.2) is 59.2 Å². The zero-order valence-corrected chi connectivity index (χ0v) is 17.6. The lowest BCUT2D eigenvalue weighted by molar-refractivity contribution is -0.137. The third kappa shape index (κ3) is 6.40. The number of amides is 1. The van der Waals surface area contributed by atoms with E-state index in [1.54, 1.807) is 29.2 Å². The molecule has 1 heterocycles. The van der Waals surface area contributed by atoms with Gasteiger partial charge in [0.2, 0.25) is 5.89 Å². The first-order valence-corrected chi connectivity index (χ1v) is 9.99. The standard InChI is InChI=1S/C23H23F4N3O2/c1-15(2)28-22(31)20-14-32-21(29-20)13-30(12-17-7-3-4-9-19(17)24)11-16-6-5-8-18(10-16)23(25,26)27/h3-10,14-15H,11-13H2,1-2H3,(H,28,31). The van der Waals surface area contributed by atoms with Crippen LogP contribution in [0.5, 0.6) is 0 Å². The van der Waals surface area contributed by atoms with Crippen molar-refractivity contribution >= 4 is 5.91 Å². The number of nitrogens with zero attached hydrogens (tertiary/aromatic N) is 2. The Morgan fingerprint density at radius 3 is 2.53 bits per heavy atom. The number of rotatable bonds is 8. The predicted molar refractivity (Wildman–Crippen MR) is 110 cm³/mol. The second-order valence-corrected chi connectivity index (χ2v) is 7.69. The maximum absolute atomic E-state index is 14.2. The number of hydrogen-bond donors (Lipinski definition) is 1. The predicted octanol–water partition coefficient (Wildman–Crippen LogP) is 5.17. The number of carbonyl (C=O) groups excluding carboxylic acids is 1. The Labute approximate surface area is 183 Å². The van der Waals surface area contributed by atoms with Crippen molar-refractivity contribution in [1.82, 2.24) is 15.2 Å². The molecule has 1 N–H and O–H groups in total. The van der Waals surface area contributed by atoms with Crippen LogP contribution < -0.4 is 5.32 Å². The second-order valence-electron chi connectivity index (χ2n) is 7.69. The molecule has 0 spiro atoms. The van der Waals surface area contributed by atoms with Crippen LogP contribution in [0.2, 0.25) is 0 Å². The summed E-state index contributed by atoms with van der Waals surface area (Å²) in [6.45, 7) is 3.89. The Morgan fingerprint density at radius 1 is 1.09 bits per heavy atom. The normalized spacial score (nSPS) is 11.9. The molecule has 1 amide bonds. The quantitative estimate of drug-likeness (QED) is 0.482. The molecular weight excluding hydrogens is 426 g/mol. The fourth-order valence-electron chi connectivity index (χ4n) is 3.15. The molecule has 2 aromatic carbocycles. The van der Waals surface area contributed by atoms with Gasteiger partial charge in [0.1, 0.15) is 12.1 Å². The van der Waals surface area contributed by atoms with Crippen LogP contribution in [-0.2, 0) is 25.8 Å². The van der Waals surface area contributed by atoms with Crippen LogP contribution in [0, 0.1) is 5.82 Å². The fourth-order valence-corrected chi connectivity index (χ4v) is 3.15. The Kier molecular flexibility index (Phi) is 7.29. The number of oxazole rings is 1. The van der Waals surface area contributed by atoms with E-state index < -0.39 is 23.5 Å². The first-order chi connectivity index (χ1) is 15.1. The van der Waals surface area contributed by atoms with E-state index in [-0.39, 0.29) is 37.3 Å². The summed E-state index contributed by atoms with van der Waals surface area (Å²) in [4.78, 5) is 18.0. The van der Waals surface area contributed by atoms with Crippen LogP contribution in [-0.4, -0.2) is 21.8 Å². The lowest BCUT2D eigenvalue weighted by Crippen LogP contribution is -2.30. The van der Waals surface area contributed by atoms with Crippen molar-refractivity contribution in [2.45, 2.75) is 45.7 Å². The third-order valence-corrected chi connectivity index (χ3v) is 4.58. The summed E-state index contributed by atoms with van der Waals surface area (Å²) >= 11 is 0. The van der Waals surface area contributed by atoms with Gasteiger partial charge in [0.25, 0.3) is 5.91 Å². The number of benzene rings is 2. The average molecular weight is 449 g/mol. The van der Waals surface area contributed by atoms with Crippen molar-refractivity contribution in [2.24, 2.45) is 0 Å². The molecular formula is C23H23F4N3O2. The molecule has 0 bridgehead atoms. The molecule has 3 aromatic rings. The van der Waals surface area contributed by atoms with Crippen molar-refractivity contribution in [3.63, 3.8) is 0 Å². The van der Waals surface area contributed by atoms with Gasteiger partial charge in [0.15, 0.2) is 5.69 Å². The van der Waals surface area contributed by atoms with E-state index in [0.29, 0.717) is 11.1 Å². The van der Waals surface area contributed by atoms with Crippen LogP contribution in [0.4, 0.5) is 17.6 Å². The summed E-state index contributed by atoms with van der Waals surface area (Å²) in [5, 5.41) is 2.70. The van der Waals surface area contributed by atoms with Gasteiger partial charge in [-0.25, -0.2) is 9.37 Å². The van der Waals surface area contributed by atoms with E-state index in [1.807, 2.05) is 13.8 Å². The molecule has 0 aliphatic rings. The van der Waals surface area contributed by atoms with Gasteiger partial charge < -0.3 is 9.73 Å². The first-order valence-electron chi connectivity index (χ1n) is 9.99. The molecule has 0 unspecified atom stereocenters. The van der Waals surface area contributed by atoms with Crippen LogP contribution in [0.25, 0.3) is 0 Å². The molecule has 0 fully saturated rings. The summed E-state index contributed by atoms with van der Waals surface area (Å²) in [5.74, 6) is -0.623. The highest BCUT2D eigenvalue weighted by Gasteiger charge is 2.30. The Morgan fingerprint density at radius 2 is 1.84 bits per heavy atom. The average Bonchev–Trinajstić information content (AvgIpc) is 3.17. The van der Waals surface area contributed by atoms with Crippen LogP contribution >= 0.6 is 0 Å². The van der Waals surface area contributed by atoms with Gasteiger partial charge in [-0.15, -0.1) is 0 Å². The highest BCUT2D eigenvalue weighted by molar-refractivity contribution is 5.92. The van der Waals surface area contributed by atoms with Crippen molar-refractivity contribution in [3.8, 4) is 0 Å². The molecule has 0 aliphatic carbocycles. The van der Waals surface area contributed by atoms with Crippen molar-refractivity contribution in [2.75, 3.05) is 0 Å². The van der Waals surface area contributed by atoms with Gasteiger partial charge in [-0.05, 0) is 31.5 Å². The number of carbonyl (C=O) groups is 1. The Bertz CT molecular complexity index is 1060. The van der Waals surface area contributed by atoms with Gasteiger partial charge in [-0.3, -0.25) is 9.69 Å². The lowest BCUT2D eigenvalue weighted by Gasteiger charge is -2.22. The van der Waals surface area contributed by atoms with Crippen LogP contribution in [0.3, 0.4) is 0 Å². The molecule has 170 valence electrons. The second kappa shape index (κ2) is 9.95. The zero-order chi connectivity index (χ0) is 23.3. The molecule has 3 rings (SSSR count). The minimum absolute atomic E-state index is 0.0690. The minimum atomic E-state index is -4.46. The highest BCUT2D eigenvalue weighted by atomic mass is 19.4. The summed E-state index contributed by atoms with van der Waals surface area (Å²) in [6.07, 6.45) is -3.24. The van der Waals surface area contributed by atoms with E-state index in [4.69, 9.17) is 4.42 Å². The summed E-state index contributed by atoms with van der Waals surface area (Å²) in [6, 6.07) is 11.0. The fraction of sp³-hybridized carbons (Fsp3) is 0.304. The summed E-state index contributed by atoms with van der Waals surface area (Å²) in [7, 11) is 0. The lowest BCUT2D eigenvalue weighted by atomic mass is 10.1. The van der Waals surface area contributed by atoms with Crippen molar-refractivity contribution < 1.29 is 26.8 Å². The highest BCUT2D eigenvalue weighted by Crippen LogP contribution is 2.30. The van der Waals surface area contributed by atoms with Crippen LogP contribution in [0.1, 0.15) is 46.9 Å². The number of alkyl halides is 3. The zero-order valence-electron chi connectivity index (χ0n) is 17.6. The maximum atomic E-state index is 14.2. The molecule has 1 aromatic heterocycles. The van der Waals surface area contributed by atoms with E-state index in [0.717, 1.165) is 12.1 Å². The third-order valence-electron chi connectivity index (χ3n) is 4.58. The molecule has 0 aliphatic heterocycles. The van der Waals surface area contributed by atoms with Gasteiger partial charge in [0.05, 0.1) is 12.1 Å². The molecule has 32 heavy (non-hydrogen) atoms. The molecule has 0 atom stereocenters. The van der Waals surface area contributed by atoms with Gasteiger partial charge in [0, 0.05) is 24.7 Å². The monoisotopic (exact) mass is 449 g/mol. The van der Waals surface area contributed by atoms with Gasteiger partial charge in [-0.1, -0.05) is 36.4 Å². The van der Waals surface area contributed by atoms with Gasteiger partial charge >= 0.3 is 6.18 Å².